The van der Waals surface area contributed by atoms with E-state index in [-0.39, 0.29) is 10.8 Å². The molecule has 1 aliphatic heterocycles. The van der Waals surface area contributed by atoms with E-state index < -0.39 is 73.6 Å². The van der Waals surface area contributed by atoms with E-state index in [0.717, 1.165) is 12.1 Å². The quantitative estimate of drug-likeness (QED) is 0.116. The number of fused-ring (bicyclic) bond motifs is 1. The van der Waals surface area contributed by atoms with Crippen molar-refractivity contribution in [3.63, 3.8) is 0 Å². The molecule has 3 aromatic carbocycles. The highest BCUT2D eigenvalue weighted by atomic mass is 127. The lowest BCUT2D eigenvalue weighted by Gasteiger charge is -2.14. The van der Waals surface area contributed by atoms with Crippen LogP contribution < -0.4 is 5.73 Å². The Labute approximate surface area is 220 Å². The van der Waals surface area contributed by atoms with Gasteiger partial charge in [-0.15, -0.1) is 15.3 Å². The lowest BCUT2D eigenvalue weighted by Crippen LogP contribution is -2.03. The second-order valence-electron chi connectivity index (χ2n) is 7.27. The summed E-state index contributed by atoms with van der Waals surface area (Å²) in [6, 6.07) is 9.83. The van der Waals surface area contributed by atoms with Crippen LogP contribution in [0.5, 0.6) is 5.75 Å². The van der Waals surface area contributed by atoms with Crippen LogP contribution in [-0.4, -0.2) is 34.7 Å². The minimum Gasteiger partial charge on any atom is -0.505 e. The average molecular weight is 653 g/mol. The molecule has 1 heterocycles. The summed E-state index contributed by atoms with van der Waals surface area (Å²) in [6.45, 7) is 0. The van der Waals surface area contributed by atoms with Gasteiger partial charge in [0.25, 0.3) is 20.2 Å². The molecule has 0 spiro atoms. The van der Waals surface area contributed by atoms with Gasteiger partial charge < -0.3 is 10.8 Å². The fourth-order valence-electron chi connectivity index (χ4n) is 3.22. The Morgan fingerprint density at radius 3 is 2.14 bits per heavy atom. The van der Waals surface area contributed by atoms with Crippen LogP contribution in [0.25, 0.3) is 10.8 Å². The number of nitrogens with zero attached hydrogens (tertiary/aromatic N) is 4. The van der Waals surface area contributed by atoms with E-state index in [1.807, 2.05) is 4.08 Å². The van der Waals surface area contributed by atoms with Crippen molar-refractivity contribution in [3.05, 3.63) is 70.5 Å². The summed E-state index contributed by atoms with van der Waals surface area (Å²) >= 11 is -0.427. The van der Waals surface area contributed by atoms with Gasteiger partial charge >= 0.3 is 0 Å². The highest BCUT2D eigenvalue weighted by molar-refractivity contribution is 14.2. The molecule has 0 amide bonds. The van der Waals surface area contributed by atoms with Crippen molar-refractivity contribution in [2.75, 3.05) is 5.73 Å². The third kappa shape index (κ3) is 5.87. The first-order chi connectivity index (χ1) is 17.5. The lowest BCUT2D eigenvalue weighted by atomic mass is 10.1. The number of nitrogens with two attached hydrogens (primary N) is 1. The molecular weight excluding hydrogens is 637 g/mol. The predicted octanol–water partition coefficient (Wildman–Crippen LogP) is 5.46. The van der Waals surface area contributed by atoms with Crippen molar-refractivity contribution in [1.29, 1.82) is 0 Å². The molecule has 0 fully saturated rings. The third-order valence-electron chi connectivity index (χ3n) is 4.83. The van der Waals surface area contributed by atoms with Crippen molar-refractivity contribution in [3.8, 4) is 5.75 Å². The summed E-state index contributed by atoms with van der Waals surface area (Å²) in [7, 11) is -9.93. The van der Waals surface area contributed by atoms with E-state index in [9.17, 15) is 31.0 Å². The summed E-state index contributed by atoms with van der Waals surface area (Å²) in [4.78, 5) is -1.67. The van der Waals surface area contributed by atoms with Crippen LogP contribution in [0.1, 0.15) is 0 Å². The second-order valence-corrected chi connectivity index (χ2v) is 12.0. The average Bonchev–Trinajstić information content (AvgIpc) is 3.10. The molecule has 4 rings (SSSR count). The second kappa shape index (κ2) is 10.4. The number of hydrogen-bond donors (Lipinski definition) is 4. The van der Waals surface area contributed by atoms with E-state index in [4.69, 9.17) is 5.73 Å². The number of hydrogen-bond acceptors (Lipinski definition) is 10. The molecule has 15 heteroatoms. The normalized spacial score (nSPS) is 14.3. The maximum absolute atomic E-state index is 12.1. The van der Waals surface area contributed by atoms with Crippen molar-refractivity contribution in [1.82, 2.24) is 0 Å². The Morgan fingerprint density at radius 1 is 0.865 bits per heavy atom. The van der Waals surface area contributed by atoms with Crippen molar-refractivity contribution in [2.24, 2.45) is 20.5 Å². The number of anilines is 1. The van der Waals surface area contributed by atoms with Gasteiger partial charge in [-0.3, -0.25) is 9.11 Å². The van der Waals surface area contributed by atoms with Crippen LogP contribution in [0.3, 0.4) is 0 Å². The molecule has 0 saturated carbocycles. The van der Waals surface area contributed by atoms with Gasteiger partial charge in [0.2, 0.25) is 0 Å². The first-order valence-electron chi connectivity index (χ1n) is 10.0. The predicted molar refractivity (Wildman–Crippen MR) is 146 cm³/mol. The Morgan fingerprint density at radius 2 is 1.49 bits per heavy atom. The highest BCUT2D eigenvalue weighted by Gasteiger charge is 2.28. The molecule has 3 aromatic rings. The zero-order valence-corrected chi connectivity index (χ0v) is 22.2. The molecule has 0 aromatic heterocycles. The topological polar surface area (TPSA) is 204 Å². The largest absolute Gasteiger partial charge is 0.505 e. The zero-order valence-electron chi connectivity index (χ0n) is 18.4. The molecule has 0 atom stereocenters. The van der Waals surface area contributed by atoms with Gasteiger partial charge in [0.05, 0.1) is 22.5 Å². The number of aromatic hydroxyl groups is 1. The van der Waals surface area contributed by atoms with E-state index >= 15 is 0 Å². The Hall–Kier alpha value is -3.60. The number of allylic oxidation sites excluding steroid dienone is 3. The molecule has 1 aliphatic rings. The fraction of sp³-hybridized carbons (Fsp3) is 0. The van der Waals surface area contributed by atoms with Crippen LogP contribution >= 0.6 is 20.7 Å². The smallest absolute Gasteiger partial charge is 0.296 e. The first kappa shape index (κ1) is 26.5. The van der Waals surface area contributed by atoms with Crippen molar-refractivity contribution < 1.29 is 31.0 Å². The monoisotopic (exact) mass is 653 g/mol. The van der Waals surface area contributed by atoms with Gasteiger partial charge in [-0.05, 0) is 60.5 Å². The number of phenols is 1. The van der Waals surface area contributed by atoms with Crippen molar-refractivity contribution in [2.45, 2.75) is 9.79 Å². The molecule has 0 aliphatic carbocycles. The maximum Gasteiger partial charge on any atom is 0.296 e. The van der Waals surface area contributed by atoms with Gasteiger partial charge in [-0.1, -0.05) is 27.9 Å². The number of phenolic OH excluding ortho intramolecular Hbond substituents is 1. The van der Waals surface area contributed by atoms with Crippen LogP contribution in [0.2, 0.25) is 0 Å². The van der Waals surface area contributed by atoms with Crippen LogP contribution in [0, 0.1) is 0 Å². The number of halogens is 1. The Kier molecular flexibility index (Phi) is 7.44. The fourth-order valence-corrected chi connectivity index (χ4v) is 5.67. The number of nitrogen functional groups attached to an aromatic ring is 1. The van der Waals surface area contributed by atoms with Gasteiger partial charge in [-0.25, -0.2) is 0 Å². The van der Waals surface area contributed by atoms with Gasteiger partial charge in [0, 0.05) is 6.08 Å². The summed E-state index contributed by atoms with van der Waals surface area (Å²) in [5, 5.41) is 26.0. The SMILES string of the molecule is Nc1c(N=NC2=CC=CI=C=C2)c(S(=O)(=O)O)cc2cc(S(=O)(=O)O)c(N=Nc3ccccc3)c(O)c12. The molecule has 5 N–H and O–H groups in total. The summed E-state index contributed by atoms with van der Waals surface area (Å²) in [5.74, 6) is -0.824. The summed E-state index contributed by atoms with van der Waals surface area (Å²) < 4.78 is 73.0. The van der Waals surface area contributed by atoms with Crippen LogP contribution in [-0.2, 0) is 20.2 Å². The lowest BCUT2D eigenvalue weighted by molar-refractivity contribution is 0.472. The molecule has 0 saturated heterocycles. The molecular formula is C22H16IN5O7S2. The van der Waals surface area contributed by atoms with Crippen molar-refractivity contribution >= 4 is 78.2 Å². The molecule has 0 radical (unpaired) electrons. The van der Waals surface area contributed by atoms with E-state index in [2.05, 4.69) is 24.1 Å². The third-order valence-corrected chi connectivity index (χ3v) is 8.01. The molecule has 37 heavy (non-hydrogen) atoms. The maximum atomic E-state index is 12.1. The molecule has 190 valence electrons. The summed E-state index contributed by atoms with van der Waals surface area (Å²) in [5.41, 5.74) is 5.20. The molecule has 12 nitrogen and oxygen atoms in total. The van der Waals surface area contributed by atoms with Crippen LogP contribution in [0.4, 0.5) is 22.7 Å². The van der Waals surface area contributed by atoms with E-state index in [1.54, 1.807) is 48.6 Å². The van der Waals surface area contributed by atoms with E-state index in [1.165, 1.54) is 0 Å². The Balaban J connectivity index is 2.03. The zero-order chi connectivity index (χ0) is 26.8. The number of benzene rings is 3. The van der Waals surface area contributed by atoms with Gasteiger partial charge in [-0.2, -0.15) is 21.9 Å². The van der Waals surface area contributed by atoms with Gasteiger partial charge in [0.15, 0.2) is 5.75 Å². The summed E-state index contributed by atoms with van der Waals surface area (Å²) in [6.07, 6.45) is 4.89. The number of azo groups is 2. The Bertz CT molecular complexity index is 1830. The molecule has 0 unspecified atom stereocenters. The first-order valence-corrected chi connectivity index (χ1v) is 15.2. The molecule has 0 bridgehead atoms. The number of rotatable bonds is 6. The van der Waals surface area contributed by atoms with Gasteiger partial charge in [0.1, 0.15) is 21.2 Å². The van der Waals surface area contributed by atoms with E-state index in [0.29, 0.717) is 11.4 Å². The minimum atomic E-state index is -4.98. The minimum absolute atomic E-state index is 0.248. The van der Waals surface area contributed by atoms with Crippen LogP contribution in [0.15, 0.2) is 101 Å². The standard InChI is InChI=1S/C22H16IN5O7S2/c24-19-18-13(11-16(36(30,31)32)20(19)27-26-15-7-4-9-23-10-8-15)12-17(37(33,34)35)21(22(18)29)28-25-14-5-2-1-3-6-14/h1-9,11-12,29H,24H2,(H,30,31,32)(H,33,34,35). The highest BCUT2D eigenvalue weighted by Crippen LogP contribution is 2.48.